The lowest BCUT2D eigenvalue weighted by Crippen LogP contribution is -2.36. The molecule has 0 amide bonds. The first-order valence-corrected chi connectivity index (χ1v) is 6.26. The largest absolute Gasteiger partial charge is 0.337 e. The van der Waals surface area contributed by atoms with Crippen LogP contribution in [0.2, 0.25) is 0 Å². The van der Waals surface area contributed by atoms with E-state index in [4.69, 9.17) is 0 Å². The highest BCUT2D eigenvalue weighted by Gasteiger charge is 2.12. The number of hydrogen-bond donors (Lipinski definition) is 1. The number of aromatic nitrogens is 2. The molecule has 1 aliphatic rings. The SMILES string of the molecule is CC1CN(CCCn2ccnc2)CCCN1. The Morgan fingerprint density at radius 1 is 1.44 bits per heavy atom. The molecule has 1 aromatic heterocycles. The molecule has 1 aliphatic heterocycles. The second kappa shape index (κ2) is 6.01. The molecule has 1 unspecified atom stereocenters. The van der Waals surface area contributed by atoms with Crippen LogP contribution in [0.1, 0.15) is 19.8 Å². The van der Waals surface area contributed by atoms with E-state index in [2.05, 4.69) is 26.7 Å². The molecule has 0 bridgehead atoms. The summed E-state index contributed by atoms with van der Waals surface area (Å²) in [6.07, 6.45) is 8.26. The molecule has 0 aromatic carbocycles. The van der Waals surface area contributed by atoms with Gasteiger partial charge >= 0.3 is 0 Å². The van der Waals surface area contributed by atoms with E-state index in [9.17, 15) is 0 Å². The van der Waals surface area contributed by atoms with E-state index >= 15 is 0 Å². The summed E-state index contributed by atoms with van der Waals surface area (Å²) in [7, 11) is 0. The number of hydrogen-bond acceptors (Lipinski definition) is 3. The molecule has 4 heteroatoms. The van der Waals surface area contributed by atoms with Crippen molar-refractivity contribution in [1.82, 2.24) is 19.8 Å². The van der Waals surface area contributed by atoms with Crippen LogP contribution < -0.4 is 5.32 Å². The third kappa shape index (κ3) is 3.61. The molecule has 0 radical (unpaired) electrons. The summed E-state index contributed by atoms with van der Waals surface area (Å²) in [4.78, 5) is 6.63. The van der Waals surface area contributed by atoms with Gasteiger partial charge in [-0.25, -0.2) is 4.98 Å². The van der Waals surface area contributed by atoms with Gasteiger partial charge in [-0.1, -0.05) is 0 Å². The van der Waals surface area contributed by atoms with Crippen molar-refractivity contribution in [2.24, 2.45) is 0 Å². The van der Waals surface area contributed by atoms with E-state index in [1.54, 1.807) is 0 Å². The van der Waals surface area contributed by atoms with Crippen molar-refractivity contribution < 1.29 is 0 Å². The molecule has 90 valence electrons. The van der Waals surface area contributed by atoms with Crippen molar-refractivity contribution >= 4 is 0 Å². The zero-order chi connectivity index (χ0) is 11.2. The van der Waals surface area contributed by atoms with Gasteiger partial charge in [0.25, 0.3) is 0 Å². The minimum absolute atomic E-state index is 0.635. The predicted molar refractivity (Wildman–Crippen MR) is 65.4 cm³/mol. The molecule has 2 heterocycles. The second-order valence-corrected chi connectivity index (χ2v) is 4.66. The third-order valence-electron chi connectivity index (χ3n) is 3.13. The number of imidazole rings is 1. The van der Waals surface area contributed by atoms with Gasteiger partial charge in [0.15, 0.2) is 0 Å². The van der Waals surface area contributed by atoms with Crippen LogP contribution >= 0.6 is 0 Å². The summed E-state index contributed by atoms with van der Waals surface area (Å²) in [6.45, 7) is 8.14. The summed E-state index contributed by atoms with van der Waals surface area (Å²) >= 11 is 0. The van der Waals surface area contributed by atoms with Gasteiger partial charge in [-0.05, 0) is 39.4 Å². The highest BCUT2D eigenvalue weighted by atomic mass is 15.2. The highest BCUT2D eigenvalue weighted by Crippen LogP contribution is 2.02. The molecule has 1 saturated heterocycles. The smallest absolute Gasteiger partial charge is 0.0945 e. The zero-order valence-corrected chi connectivity index (χ0v) is 10.1. The average Bonchev–Trinajstić information content (AvgIpc) is 2.69. The molecule has 2 rings (SSSR count). The molecular weight excluding hydrogens is 200 g/mol. The van der Waals surface area contributed by atoms with Crippen molar-refractivity contribution in [2.45, 2.75) is 32.4 Å². The maximum absolute atomic E-state index is 4.05. The Labute approximate surface area is 97.7 Å². The minimum atomic E-state index is 0.635. The van der Waals surface area contributed by atoms with Crippen LogP contribution in [0.4, 0.5) is 0 Å². The third-order valence-corrected chi connectivity index (χ3v) is 3.13. The van der Waals surface area contributed by atoms with Crippen molar-refractivity contribution in [3.05, 3.63) is 18.7 Å². The molecule has 4 nitrogen and oxygen atoms in total. The normalized spacial score (nSPS) is 23.2. The van der Waals surface area contributed by atoms with Crippen LogP contribution in [0.25, 0.3) is 0 Å². The number of nitrogens with one attached hydrogen (secondary N) is 1. The molecule has 0 saturated carbocycles. The second-order valence-electron chi connectivity index (χ2n) is 4.66. The fraction of sp³-hybridized carbons (Fsp3) is 0.750. The molecule has 1 aromatic rings. The quantitative estimate of drug-likeness (QED) is 0.823. The summed E-state index contributed by atoms with van der Waals surface area (Å²) in [6, 6.07) is 0.635. The first-order valence-electron chi connectivity index (χ1n) is 6.26. The Morgan fingerprint density at radius 2 is 2.38 bits per heavy atom. The Hall–Kier alpha value is -0.870. The van der Waals surface area contributed by atoms with E-state index in [0.29, 0.717) is 6.04 Å². The molecule has 16 heavy (non-hydrogen) atoms. The van der Waals surface area contributed by atoms with Gasteiger partial charge in [0.2, 0.25) is 0 Å². The lowest BCUT2D eigenvalue weighted by atomic mass is 10.3. The van der Waals surface area contributed by atoms with Crippen LogP contribution in [0.5, 0.6) is 0 Å². The first-order chi connectivity index (χ1) is 7.84. The Balaban J connectivity index is 1.68. The van der Waals surface area contributed by atoms with Crippen molar-refractivity contribution in [2.75, 3.05) is 26.2 Å². The van der Waals surface area contributed by atoms with Gasteiger partial charge in [-0.3, -0.25) is 0 Å². The van der Waals surface area contributed by atoms with E-state index in [0.717, 1.165) is 6.54 Å². The van der Waals surface area contributed by atoms with Crippen LogP contribution in [0, 0.1) is 0 Å². The van der Waals surface area contributed by atoms with Crippen LogP contribution in [-0.4, -0.2) is 46.7 Å². The Morgan fingerprint density at radius 3 is 3.19 bits per heavy atom. The van der Waals surface area contributed by atoms with Crippen molar-refractivity contribution in [3.8, 4) is 0 Å². The summed E-state index contributed by atoms with van der Waals surface area (Å²) in [5.74, 6) is 0. The Kier molecular flexibility index (Phi) is 4.36. The molecule has 1 N–H and O–H groups in total. The minimum Gasteiger partial charge on any atom is -0.337 e. The summed E-state index contributed by atoms with van der Waals surface area (Å²) < 4.78 is 2.15. The molecule has 0 spiro atoms. The molecule has 1 fully saturated rings. The van der Waals surface area contributed by atoms with Gasteiger partial charge in [0, 0.05) is 31.5 Å². The fourth-order valence-corrected chi connectivity index (χ4v) is 2.29. The molecule has 1 atom stereocenters. The van der Waals surface area contributed by atoms with Crippen LogP contribution in [0.3, 0.4) is 0 Å². The molecule has 0 aliphatic carbocycles. The van der Waals surface area contributed by atoms with Crippen molar-refractivity contribution in [1.29, 1.82) is 0 Å². The molecular formula is C12H22N4. The van der Waals surface area contributed by atoms with Gasteiger partial charge in [0.05, 0.1) is 6.33 Å². The maximum atomic E-state index is 4.05. The average molecular weight is 222 g/mol. The monoisotopic (exact) mass is 222 g/mol. The van der Waals surface area contributed by atoms with Crippen LogP contribution in [0.15, 0.2) is 18.7 Å². The number of aryl methyl sites for hydroxylation is 1. The number of nitrogens with zero attached hydrogens (tertiary/aromatic N) is 3. The van der Waals surface area contributed by atoms with Crippen LogP contribution in [-0.2, 0) is 6.54 Å². The van der Waals surface area contributed by atoms with E-state index in [1.807, 2.05) is 18.7 Å². The lowest BCUT2D eigenvalue weighted by Gasteiger charge is -2.22. The fourth-order valence-electron chi connectivity index (χ4n) is 2.29. The van der Waals surface area contributed by atoms with Gasteiger partial charge in [-0.15, -0.1) is 0 Å². The summed E-state index contributed by atoms with van der Waals surface area (Å²) in [5, 5.41) is 3.52. The van der Waals surface area contributed by atoms with Gasteiger partial charge in [-0.2, -0.15) is 0 Å². The summed E-state index contributed by atoms with van der Waals surface area (Å²) in [5.41, 5.74) is 0. The Bertz CT molecular complexity index is 283. The van der Waals surface area contributed by atoms with E-state index in [-0.39, 0.29) is 0 Å². The zero-order valence-electron chi connectivity index (χ0n) is 10.1. The van der Waals surface area contributed by atoms with E-state index in [1.165, 1.54) is 39.0 Å². The first kappa shape index (κ1) is 11.6. The van der Waals surface area contributed by atoms with E-state index < -0.39 is 0 Å². The van der Waals surface area contributed by atoms with Gasteiger partial charge in [0.1, 0.15) is 0 Å². The number of rotatable bonds is 4. The maximum Gasteiger partial charge on any atom is 0.0945 e. The lowest BCUT2D eigenvalue weighted by molar-refractivity contribution is 0.264. The standard InChI is InChI=1S/C12H22N4/c1-12-10-15(6-2-4-14-12)7-3-8-16-9-5-13-11-16/h5,9,11-12,14H,2-4,6-8,10H2,1H3. The highest BCUT2D eigenvalue weighted by molar-refractivity contribution is 4.75. The topological polar surface area (TPSA) is 33.1 Å². The predicted octanol–water partition coefficient (Wildman–Crippen LogP) is 0.957. The van der Waals surface area contributed by atoms with Gasteiger partial charge < -0.3 is 14.8 Å². The van der Waals surface area contributed by atoms with Crippen molar-refractivity contribution in [3.63, 3.8) is 0 Å².